The first-order valence-electron chi connectivity index (χ1n) is 8.85. The minimum absolute atomic E-state index is 0.777. The zero-order chi connectivity index (χ0) is 22.7. The molecule has 2 aliphatic rings. The Balaban J connectivity index is 2.35. The third-order valence-electron chi connectivity index (χ3n) is 4.81. The van der Waals surface area contributed by atoms with Gasteiger partial charge in [0.2, 0.25) is 0 Å². The van der Waals surface area contributed by atoms with Gasteiger partial charge in [-0.05, 0) is 6.92 Å². The van der Waals surface area contributed by atoms with Crippen LogP contribution in [-0.2, 0) is 38.1 Å². The lowest BCUT2D eigenvalue weighted by atomic mass is 9.94. The van der Waals surface area contributed by atoms with E-state index < -0.39 is 79.1 Å². The zero-order valence-electron chi connectivity index (χ0n) is 16.1. The highest BCUT2D eigenvalue weighted by Gasteiger charge is 2.54. The predicted octanol–water partition coefficient (Wildman–Crippen LogP) is -2.75. The highest BCUT2D eigenvalue weighted by atomic mass is 16.7. The Morgan fingerprint density at radius 1 is 0.900 bits per heavy atom. The van der Waals surface area contributed by atoms with Gasteiger partial charge >= 0.3 is 17.9 Å². The maximum Gasteiger partial charge on any atom is 0.335 e. The molecule has 2 saturated heterocycles. The quantitative estimate of drug-likeness (QED) is 0.203. The number of methoxy groups -OCH3 is 1. The number of hydrogen-bond donors (Lipinski definition) is 5. The minimum atomic E-state index is -1.88. The number of aliphatic carboxylic acids is 2. The number of aliphatic hydroxyl groups excluding tert-OH is 3. The fourth-order valence-electron chi connectivity index (χ4n) is 3.26. The van der Waals surface area contributed by atoms with Crippen LogP contribution in [0.3, 0.4) is 0 Å². The molecule has 0 spiro atoms. The van der Waals surface area contributed by atoms with Crippen LogP contribution in [0.2, 0.25) is 0 Å². The van der Waals surface area contributed by atoms with Gasteiger partial charge in [0.25, 0.3) is 0 Å². The molecule has 0 aliphatic carbocycles. The topological polar surface area (TPSA) is 199 Å². The second-order valence-corrected chi connectivity index (χ2v) is 6.74. The van der Waals surface area contributed by atoms with Crippen molar-refractivity contribution in [2.45, 2.75) is 68.1 Å². The van der Waals surface area contributed by atoms with Crippen LogP contribution in [0.5, 0.6) is 0 Å². The summed E-state index contributed by atoms with van der Waals surface area (Å²) in [5.41, 5.74) is 0. The molecule has 13 nitrogen and oxygen atoms in total. The van der Waals surface area contributed by atoms with Gasteiger partial charge in [0.05, 0.1) is 6.10 Å². The van der Waals surface area contributed by atoms with Gasteiger partial charge in [-0.3, -0.25) is 0 Å². The van der Waals surface area contributed by atoms with Crippen molar-refractivity contribution in [1.29, 1.82) is 0 Å². The number of aliphatic hydroxyl groups is 3. The van der Waals surface area contributed by atoms with Crippen LogP contribution < -0.4 is 0 Å². The normalized spacial score (nSPS) is 41.6. The number of carboxylic acids is 2. The molecule has 5 N–H and O–H groups in total. The van der Waals surface area contributed by atoms with Crippen molar-refractivity contribution in [2.75, 3.05) is 7.11 Å². The van der Waals surface area contributed by atoms with Crippen LogP contribution in [-0.4, -0.2) is 112 Å². The number of esters is 1. The summed E-state index contributed by atoms with van der Waals surface area (Å²) in [6.07, 6.45) is -15.7. The lowest BCUT2D eigenvalue weighted by molar-refractivity contribution is -0.334. The van der Waals surface area contributed by atoms with E-state index in [1.54, 1.807) is 0 Å². The Morgan fingerprint density at radius 2 is 1.47 bits per heavy atom. The fourth-order valence-corrected chi connectivity index (χ4v) is 3.26. The SMILES string of the molecule is C=CC(=O)OC1C(O)C(C)OC(C(=O)O)C1OC1OC(C(=O)O)C(OC)C(O)C1O. The van der Waals surface area contributed by atoms with Crippen LogP contribution in [0.1, 0.15) is 6.92 Å². The van der Waals surface area contributed by atoms with Crippen molar-refractivity contribution in [2.24, 2.45) is 0 Å². The molecule has 0 radical (unpaired) electrons. The first-order chi connectivity index (χ1) is 14.0. The van der Waals surface area contributed by atoms with Crippen LogP contribution >= 0.6 is 0 Å². The molecular weight excluding hydrogens is 412 g/mol. The van der Waals surface area contributed by atoms with Crippen molar-refractivity contribution < 1.29 is 63.6 Å². The second-order valence-electron chi connectivity index (χ2n) is 6.74. The Kier molecular flexibility index (Phi) is 7.87. The molecule has 2 rings (SSSR count). The number of rotatable bonds is 7. The summed E-state index contributed by atoms with van der Waals surface area (Å²) in [5.74, 6) is -4.09. The van der Waals surface area contributed by atoms with Crippen molar-refractivity contribution in [3.63, 3.8) is 0 Å². The highest BCUT2D eigenvalue weighted by Crippen LogP contribution is 2.31. The molecule has 2 fully saturated rings. The van der Waals surface area contributed by atoms with E-state index in [1.165, 1.54) is 6.92 Å². The molecule has 13 heteroatoms. The third kappa shape index (κ3) is 4.78. The molecule has 0 aromatic rings. The average molecular weight is 436 g/mol. The molecule has 0 amide bonds. The highest BCUT2D eigenvalue weighted by molar-refractivity contribution is 5.81. The van der Waals surface area contributed by atoms with E-state index in [0.717, 1.165) is 13.2 Å². The molecule has 170 valence electrons. The lowest BCUT2D eigenvalue weighted by Gasteiger charge is -2.45. The summed E-state index contributed by atoms with van der Waals surface area (Å²) in [5, 5.41) is 49.6. The molecule has 2 aliphatic heterocycles. The second kappa shape index (κ2) is 9.78. The largest absolute Gasteiger partial charge is 0.479 e. The van der Waals surface area contributed by atoms with Crippen molar-refractivity contribution >= 4 is 17.9 Å². The van der Waals surface area contributed by atoms with E-state index >= 15 is 0 Å². The zero-order valence-corrected chi connectivity index (χ0v) is 16.1. The van der Waals surface area contributed by atoms with Crippen LogP contribution in [0.4, 0.5) is 0 Å². The first kappa shape index (κ1) is 24.1. The molecule has 0 bridgehead atoms. The summed E-state index contributed by atoms with van der Waals surface area (Å²) in [7, 11) is 1.10. The predicted molar refractivity (Wildman–Crippen MR) is 92.0 cm³/mol. The van der Waals surface area contributed by atoms with E-state index in [9.17, 15) is 39.9 Å². The summed E-state index contributed by atoms with van der Waals surface area (Å²) < 4.78 is 25.6. The van der Waals surface area contributed by atoms with Crippen LogP contribution in [0.25, 0.3) is 0 Å². The molecule has 0 saturated carbocycles. The van der Waals surface area contributed by atoms with Gasteiger partial charge in [-0.15, -0.1) is 0 Å². The van der Waals surface area contributed by atoms with Crippen molar-refractivity contribution in [3.05, 3.63) is 12.7 Å². The van der Waals surface area contributed by atoms with E-state index in [-0.39, 0.29) is 0 Å². The summed E-state index contributed by atoms with van der Waals surface area (Å²) in [6.45, 7) is 4.55. The number of hydrogen-bond acceptors (Lipinski definition) is 11. The maximum absolute atomic E-state index is 11.7. The molecule has 0 aromatic heterocycles. The maximum atomic E-state index is 11.7. The van der Waals surface area contributed by atoms with Gasteiger partial charge in [0.1, 0.15) is 30.5 Å². The van der Waals surface area contributed by atoms with Crippen LogP contribution in [0, 0.1) is 0 Å². The van der Waals surface area contributed by atoms with E-state index in [4.69, 9.17) is 23.7 Å². The summed E-state index contributed by atoms with van der Waals surface area (Å²) in [4.78, 5) is 34.8. The minimum Gasteiger partial charge on any atom is -0.479 e. The summed E-state index contributed by atoms with van der Waals surface area (Å²) >= 11 is 0. The first-order valence-corrected chi connectivity index (χ1v) is 8.85. The van der Waals surface area contributed by atoms with E-state index in [2.05, 4.69) is 6.58 Å². The standard InChI is InChI=1S/C17H24O13/c1-4-6(18)28-11-7(19)5(2)27-14(16(24)25)12(11)29-17-9(21)8(20)10(26-3)13(30-17)15(22)23/h4-5,7-14,17,19-21H,1H2,2-3H3,(H,22,23)(H,24,25). The number of carboxylic acid groups (broad SMARTS) is 2. The Morgan fingerprint density at radius 3 is 1.97 bits per heavy atom. The fraction of sp³-hybridized carbons (Fsp3) is 0.706. The lowest BCUT2D eigenvalue weighted by Crippen LogP contribution is -2.66. The van der Waals surface area contributed by atoms with Gasteiger partial charge in [-0.1, -0.05) is 6.58 Å². The third-order valence-corrected chi connectivity index (χ3v) is 4.81. The Bertz CT molecular complexity index is 666. The number of ether oxygens (including phenoxy) is 5. The van der Waals surface area contributed by atoms with Gasteiger partial charge in [-0.2, -0.15) is 0 Å². The van der Waals surface area contributed by atoms with Gasteiger partial charge in [0.15, 0.2) is 24.6 Å². The smallest absolute Gasteiger partial charge is 0.335 e. The Labute approximate surface area is 170 Å². The van der Waals surface area contributed by atoms with Crippen LogP contribution in [0.15, 0.2) is 12.7 Å². The van der Waals surface area contributed by atoms with E-state index in [0.29, 0.717) is 0 Å². The molecule has 30 heavy (non-hydrogen) atoms. The van der Waals surface area contributed by atoms with Gasteiger partial charge in [-0.25, -0.2) is 14.4 Å². The average Bonchev–Trinajstić information content (AvgIpc) is 2.69. The van der Waals surface area contributed by atoms with Gasteiger partial charge < -0.3 is 49.2 Å². The molecule has 10 unspecified atom stereocenters. The summed E-state index contributed by atoms with van der Waals surface area (Å²) in [6, 6.07) is 0. The number of carbonyl (C=O) groups is 3. The molecule has 2 heterocycles. The molecule has 10 atom stereocenters. The number of carbonyl (C=O) groups excluding carboxylic acids is 1. The van der Waals surface area contributed by atoms with Gasteiger partial charge in [0, 0.05) is 13.2 Å². The van der Waals surface area contributed by atoms with Crippen molar-refractivity contribution in [3.8, 4) is 0 Å². The van der Waals surface area contributed by atoms with Crippen molar-refractivity contribution in [1.82, 2.24) is 0 Å². The Hall–Kier alpha value is -2.13. The van der Waals surface area contributed by atoms with E-state index in [1.807, 2.05) is 0 Å². The molecule has 0 aromatic carbocycles. The monoisotopic (exact) mass is 436 g/mol. The molecular formula is C17H24O13.